The number of fused-ring (bicyclic) bond motifs is 1. The minimum atomic E-state index is -1.33. The summed E-state index contributed by atoms with van der Waals surface area (Å²) in [5, 5.41) is 17.2. The van der Waals surface area contributed by atoms with Crippen LogP contribution in [0.3, 0.4) is 0 Å². The molecule has 0 bridgehead atoms. The molecule has 4 N–H and O–H groups in total. The summed E-state index contributed by atoms with van der Waals surface area (Å²) in [6.07, 6.45) is 1.58. The van der Waals surface area contributed by atoms with Gasteiger partial charge in [0.25, 0.3) is 0 Å². The standard InChI is InChI=1S/C31H43N5O7/c1-30(2,3)43-29(40)35-31(4,5)27(38)34-25(21-41-19-22-12-7-6-8-13-22)26-33-18-23-14-11-15-24(36(23)26)20-42-28(39)32-16-9-10-17-37/h6-8,11-15,18,25,37H,9-10,16-17,19-21H2,1-5H3,(H,32,39)(H,34,38)(H,35,40). The predicted molar refractivity (Wildman–Crippen MR) is 160 cm³/mol. The maximum absolute atomic E-state index is 13.5. The Balaban J connectivity index is 1.82. The van der Waals surface area contributed by atoms with E-state index in [9.17, 15) is 14.4 Å². The predicted octanol–water partition coefficient (Wildman–Crippen LogP) is 4.01. The van der Waals surface area contributed by atoms with Crippen LogP contribution in [0.25, 0.3) is 5.52 Å². The normalized spacial score (nSPS) is 12.4. The minimum Gasteiger partial charge on any atom is -0.444 e. The van der Waals surface area contributed by atoms with Crippen LogP contribution in [-0.4, -0.2) is 63.5 Å². The summed E-state index contributed by atoms with van der Waals surface area (Å²) in [7, 11) is 0. The van der Waals surface area contributed by atoms with Crippen LogP contribution in [0.1, 0.15) is 70.6 Å². The van der Waals surface area contributed by atoms with Gasteiger partial charge in [-0.3, -0.25) is 9.20 Å². The van der Waals surface area contributed by atoms with Crippen LogP contribution in [0.5, 0.6) is 0 Å². The highest BCUT2D eigenvalue weighted by Crippen LogP contribution is 2.21. The highest BCUT2D eigenvalue weighted by molar-refractivity contribution is 5.89. The van der Waals surface area contributed by atoms with Gasteiger partial charge in [0, 0.05) is 13.2 Å². The fourth-order valence-electron chi connectivity index (χ4n) is 4.12. The molecule has 234 valence electrons. The highest BCUT2D eigenvalue weighted by atomic mass is 16.6. The lowest BCUT2D eigenvalue weighted by atomic mass is 10.0. The van der Waals surface area contributed by atoms with Crippen LogP contribution in [0.4, 0.5) is 9.59 Å². The molecule has 0 saturated carbocycles. The summed E-state index contributed by atoms with van der Waals surface area (Å²) >= 11 is 0. The average molecular weight is 598 g/mol. The quantitative estimate of drug-likeness (QED) is 0.204. The largest absolute Gasteiger partial charge is 0.444 e. The number of hydrogen-bond donors (Lipinski definition) is 4. The van der Waals surface area contributed by atoms with Crippen molar-refractivity contribution in [1.29, 1.82) is 0 Å². The topological polar surface area (TPSA) is 153 Å². The molecule has 3 amide bonds. The molecule has 0 spiro atoms. The van der Waals surface area contributed by atoms with Crippen molar-refractivity contribution in [2.24, 2.45) is 0 Å². The van der Waals surface area contributed by atoms with Gasteiger partial charge in [0.1, 0.15) is 29.6 Å². The monoisotopic (exact) mass is 597 g/mol. The Morgan fingerprint density at radius 1 is 0.953 bits per heavy atom. The number of carbonyl (C=O) groups excluding carboxylic acids is 3. The first-order valence-electron chi connectivity index (χ1n) is 14.3. The lowest BCUT2D eigenvalue weighted by molar-refractivity contribution is -0.127. The summed E-state index contributed by atoms with van der Waals surface area (Å²) in [4.78, 5) is 42.8. The van der Waals surface area contributed by atoms with E-state index in [-0.39, 0.29) is 19.8 Å². The van der Waals surface area contributed by atoms with E-state index < -0.39 is 35.3 Å². The van der Waals surface area contributed by atoms with Crippen molar-refractivity contribution in [2.75, 3.05) is 19.8 Å². The van der Waals surface area contributed by atoms with Crippen molar-refractivity contribution >= 4 is 23.6 Å². The molecule has 1 unspecified atom stereocenters. The third-order valence-electron chi connectivity index (χ3n) is 6.26. The van der Waals surface area contributed by atoms with E-state index in [1.807, 2.05) is 46.9 Å². The van der Waals surface area contributed by atoms with E-state index in [0.29, 0.717) is 37.5 Å². The fourth-order valence-corrected chi connectivity index (χ4v) is 4.12. The summed E-state index contributed by atoms with van der Waals surface area (Å²) in [6, 6.07) is 14.4. The highest BCUT2D eigenvalue weighted by Gasteiger charge is 2.34. The number of rotatable bonds is 14. The number of ether oxygens (including phenoxy) is 3. The van der Waals surface area contributed by atoms with Crippen LogP contribution < -0.4 is 16.0 Å². The number of amides is 3. The summed E-state index contributed by atoms with van der Waals surface area (Å²) in [5.41, 5.74) is 0.268. The van der Waals surface area contributed by atoms with Crippen LogP contribution in [0.2, 0.25) is 0 Å². The number of aliphatic hydroxyl groups is 1. The SMILES string of the molecule is CC(C)(C)OC(=O)NC(C)(C)C(=O)NC(COCc1ccccc1)c1ncc2cccc(COC(=O)NCCCCO)n12. The van der Waals surface area contributed by atoms with Crippen molar-refractivity contribution in [1.82, 2.24) is 25.3 Å². The van der Waals surface area contributed by atoms with Crippen molar-refractivity contribution in [3.05, 3.63) is 71.8 Å². The summed E-state index contributed by atoms with van der Waals surface area (Å²) in [5.74, 6) is -0.00792. The van der Waals surface area contributed by atoms with Crippen LogP contribution in [0, 0.1) is 0 Å². The molecule has 0 fully saturated rings. The first-order chi connectivity index (χ1) is 20.4. The molecule has 1 aromatic carbocycles. The van der Waals surface area contributed by atoms with Gasteiger partial charge in [0.05, 0.1) is 30.6 Å². The van der Waals surface area contributed by atoms with Crippen molar-refractivity contribution < 1.29 is 33.7 Å². The number of hydrogen-bond acceptors (Lipinski definition) is 8. The van der Waals surface area contributed by atoms with Gasteiger partial charge < -0.3 is 35.3 Å². The number of aromatic nitrogens is 2. The molecule has 3 aromatic rings. The summed E-state index contributed by atoms with van der Waals surface area (Å²) in [6.45, 7) is 9.16. The van der Waals surface area contributed by atoms with E-state index in [4.69, 9.17) is 19.3 Å². The molecular weight excluding hydrogens is 554 g/mol. The Hall–Kier alpha value is -4.16. The zero-order chi connectivity index (χ0) is 31.5. The van der Waals surface area contributed by atoms with Crippen LogP contribution >= 0.6 is 0 Å². The van der Waals surface area contributed by atoms with Gasteiger partial charge in [-0.25, -0.2) is 14.6 Å². The van der Waals surface area contributed by atoms with Crippen LogP contribution in [-0.2, 0) is 32.2 Å². The molecule has 0 aliphatic heterocycles. The Kier molecular flexibility index (Phi) is 11.9. The molecule has 43 heavy (non-hydrogen) atoms. The first-order valence-corrected chi connectivity index (χ1v) is 14.3. The van der Waals surface area contributed by atoms with E-state index in [0.717, 1.165) is 11.1 Å². The van der Waals surface area contributed by atoms with E-state index in [1.54, 1.807) is 46.9 Å². The third-order valence-corrected chi connectivity index (χ3v) is 6.26. The molecule has 0 saturated heterocycles. The smallest absolute Gasteiger partial charge is 0.408 e. The minimum absolute atomic E-state index is 0.0518. The lowest BCUT2D eigenvalue weighted by Gasteiger charge is -2.29. The molecular formula is C31H43N5O7. The van der Waals surface area contributed by atoms with Gasteiger partial charge in [-0.1, -0.05) is 36.4 Å². The molecule has 12 heteroatoms. The van der Waals surface area contributed by atoms with Gasteiger partial charge in [-0.2, -0.15) is 0 Å². The van der Waals surface area contributed by atoms with Gasteiger partial charge in [-0.05, 0) is 65.2 Å². The lowest BCUT2D eigenvalue weighted by Crippen LogP contribution is -2.56. The number of nitrogens with zero attached hydrogens (tertiary/aromatic N) is 2. The summed E-state index contributed by atoms with van der Waals surface area (Å²) < 4.78 is 18.6. The third kappa shape index (κ3) is 10.6. The molecule has 0 radical (unpaired) electrons. The molecule has 3 rings (SSSR count). The number of imidazole rings is 1. The zero-order valence-electron chi connectivity index (χ0n) is 25.5. The molecule has 1 atom stereocenters. The first kappa shape index (κ1) is 33.3. The Bertz CT molecular complexity index is 1350. The molecule has 0 aliphatic carbocycles. The molecule has 2 aromatic heterocycles. The Morgan fingerprint density at radius 2 is 1.70 bits per heavy atom. The number of pyridine rings is 1. The van der Waals surface area contributed by atoms with Crippen molar-refractivity contribution in [3.63, 3.8) is 0 Å². The fraction of sp³-hybridized carbons (Fsp3) is 0.484. The molecule has 2 heterocycles. The Labute approximate surface area is 252 Å². The number of carbonyl (C=O) groups is 3. The molecule has 12 nitrogen and oxygen atoms in total. The van der Waals surface area contributed by atoms with Crippen molar-refractivity contribution in [2.45, 2.75) is 77.9 Å². The molecule has 0 aliphatic rings. The van der Waals surface area contributed by atoms with E-state index >= 15 is 0 Å². The maximum Gasteiger partial charge on any atom is 0.408 e. The second-order valence-corrected chi connectivity index (χ2v) is 11.6. The van der Waals surface area contributed by atoms with Gasteiger partial charge in [-0.15, -0.1) is 0 Å². The van der Waals surface area contributed by atoms with Gasteiger partial charge in [0.2, 0.25) is 5.91 Å². The maximum atomic E-state index is 13.5. The van der Waals surface area contributed by atoms with Gasteiger partial charge >= 0.3 is 12.2 Å². The number of aliphatic hydroxyl groups excluding tert-OH is 1. The van der Waals surface area contributed by atoms with Crippen molar-refractivity contribution in [3.8, 4) is 0 Å². The average Bonchev–Trinajstić information content (AvgIpc) is 3.37. The van der Waals surface area contributed by atoms with E-state index in [2.05, 4.69) is 20.9 Å². The Morgan fingerprint density at radius 3 is 2.40 bits per heavy atom. The number of benzene rings is 1. The van der Waals surface area contributed by atoms with E-state index in [1.165, 1.54) is 0 Å². The number of unbranched alkanes of at least 4 members (excludes halogenated alkanes) is 1. The van der Waals surface area contributed by atoms with Gasteiger partial charge in [0.15, 0.2) is 0 Å². The zero-order valence-corrected chi connectivity index (χ0v) is 25.5. The van der Waals surface area contributed by atoms with Crippen LogP contribution in [0.15, 0.2) is 54.7 Å². The second-order valence-electron chi connectivity index (χ2n) is 11.6. The second kappa shape index (κ2) is 15.4. The number of nitrogens with one attached hydrogen (secondary N) is 3. The number of alkyl carbamates (subject to hydrolysis) is 2.